The van der Waals surface area contributed by atoms with Gasteiger partial charge in [0.1, 0.15) is 0 Å². The van der Waals surface area contributed by atoms with Gasteiger partial charge in [-0.05, 0) is 54.9 Å². The van der Waals surface area contributed by atoms with E-state index in [0.29, 0.717) is 15.2 Å². The zero-order valence-electron chi connectivity index (χ0n) is 15.5. The Balaban J connectivity index is 1.36. The van der Waals surface area contributed by atoms with Crippen LogP contribution in [0.1, 0.15) is 17.7 Å². The lowest BCUT2D eigenvalue weighted by molar-refractivity contribution is -0.115. The SMILES string of the molecule is Cn1ccc2cc(N=C3NC(=O)/C(=C/c4cnc(N(C=O)C5CC5)s4)S3)ccc21. The number of thiazole rings is 1. The molecule has 1 aromatic carbocycles. The van der Waals surface area contributed by atoms with Crippen molar-refractivity contribution in [1.29, 1.82) is 0 Å². The van der Waals surface area contributed by atoms with Crippen molar-refractivity contribution in [2.45, 2.75) is 18.9 Å². The normalized spacial score (nSPS) is 19.3. The van der Waals surface area contributed by atoms with Crippen LogP contribution in [0.25, 0.3) is 17.0 Å². The van der Waals surface area contributed by atoms with E-state index in [1.54, 1.807) is 17.2 Å². The smallest absolute Gasteiger partial charge is 0.264 e. The molecule has 1 aliphatic heterocycles. The van der Waals surface area contributed by atoms with Gasteiger partial charge in [0.2, 0.25) is 6.41 Å². The highest BCUT2D eigenvalue weighted by molar-refractivity contribution is 8.18. The first-order chi connectivity index (χ1) is 14.1. The Kier molecular flexibility index (Phi) is 4.48. The Morgan fingerprint density at radius 3 is 3.00 bits per heavy atom. The molecule has 1 saturated heterocycles. The first-order valence-corrected chi connectivity index (χ1v) is 10.8. The van der Waals surface area contributed by atoms with Crippen LogP contribution in [0, 0.1) is 0 Å². The summed E-state index contributed by atoms with van der Waals surface area (Å²) in [7, 11) is 2.00. The number of fused-ring (bicyclic) bond motifs is 1. The molecule has 3 aromatic rings. The fraction of sp³-hybridized carbons (Fsp3) is 0.200. The second kappa shape index (κ2) is 7.16. The highest BCUT2D eigenvalue weighted by atomic mass is 32.2. The molecule has 0 spiro atoms. The molecule has 7 nitrogen and oxygen atoms in total. The van der Waals surface area contributed by atoms with E-state index in [1.165, 1.54) is 23.1 Å². The third-order valence-electron chi connectivity index (χ3n) is 4.81. The minimum Gasteiger partial charge on any atom is -0.351 e. The highest BCUT2D eigenvalue weighted by Crippen LogP contribution is 2.35. The number of nitrogens with zero attached hydrogens (tertiary/aromatic N) is 4. The zero-order valence-corrected chi connectivity index (χ0v) is 17.2. The number of carbonyl (C=O) groups is 2. The number of nitrogens with one attached hydrogen (secondary N) is 1. The van der Waals surface area contributed by atoms with Crippen molar-refractivity contribution < 1.29 is 9.59 Å². The molecule has 0 unspecified atom stereocenters. The number of thioether (sulfide) groups is 1. The molecule has 146 valence electrons. The number of benzene rings is 1. The number of carbonyl (C=O) groups excluding carboxylic acids is 2. The summed E-state index contributed by atoms with van der Waals surface area (Å²) in [5.74, 6) is -0.182. The predicted molar refractivity (Wildman–Crippen MR) is 117 cm³/mol. The van der Waals surface area contributed by atoms with Gasteiger partial charge in [-0.2, -0.15) is 0 Å². The third-order valence-corrected chi connectivity index (χ3v) is 6.68. The van der Waals surface area contributed by atoms with Crippen molar-refractivity contribution in [3.63, 3.8) is 0 Å². The van der Waals surface area contributed by atoms with Crippen LogP contribution in [-0.4, -0.2) is 33.1 Å². The standard InChI is InChI=1S/C20H17N5O2S2/c1-24-7-6-12-8-13(2-5-16(12)24)22-19-23-18(27)17(29-19)9-15-10-21-20(28-15)25(11-26)14-3-4-14/h2,5-11,14H,3-4H2,1H3,(H,22,23,27)/b17-9-. The molecule has 2 aliphatic rings. The van der Waals surface area contributed by atoms with E-state index in [0.717, 1.165) is 40.7 Å². The van der Waals surface area contributed by atoms with Gasteiger partial charge in [0.25, 0.3) is 5.91 Å². The lowest BCUT2D eigenvalue weighted by atomic mass is 10.2. The molecular formula is C20H17N5O2S2. The highest BCUT2D eigenvalue weighted by Gasteiger charge is 2.31. The van der Waals surface area contributed by atoms with Gasteiger partial charge < -0.3 is 9.88 Å². The monoisotopic (exact) mass is 423 g/mol. The number of hydrogen-bond acceptors (Lipinski definition) is 6. The average molecular weight is 424 g/mol. The van der Waals surface area contributed by atoms with Crippen LogP contribution in [0.15, 0.2) is 46.6 Å². The maximum atomic E-state index is 12.3. The summed E-state index contributed by atoms with van der Waals surface area (Å²) in [6.07, 6.45) is 8.35. The maximum absolute atomic E-state index is 12.3. The Morgan fingerprint density at radius 2 is 2.21 bits per heavy atom. The van der Waals surface area contributed by atoms with Gasteiger partial charge in [-0.15, -0.1) is 0 Å². The van der Waals surface area contributed by atoms with E-state index >= 15 is 0 Å². The van der Waals surface area contributed by atoms with Crippen molar-refractivity contribution in [3.05, 3.63) is 46.4 Å². The largest absolute Gasteiger partial charge is 0.351 e. The van der Waals surface area contributed by atoms with Crippen molar-refractivity contribution in [2.24, 2.45) is 12.0 Å². The van der Waals surface area contributed by atoms with E-state index < -0.39 is 0 Å². The van der Waals surface area contributed by atoms with E-state index in [9.17, 15) is 9.59 Å². The minimum absolute atomic E-state index is 0.182. The molecule has 2 aromatic heterocycles. The van der Waals surface area contributed by atoms with Gasteiger partial charge in [-0.25, -0.2) is 9.98 Å². The molecule has 1 N–H and O–H groups in total. The van der Waals surface area contributed by atoms with Crippen molar-refractivity contribution in [2.75, 3.05) is 4.90 Å². The molecule has 2 fully saturated rings. The van der Waals surface area contributed by atoms with Crippen LogP contribution < -0.4 is 10.2 Å². The summed E-state index contributed by atoms with van der Waals surface area (Å²) >= 11 is 2.71. The number of aliphatic imine (C=N–C) groups is 1. The molecule has 29 heavy (non-hydrogen) atoms. The van der Waals surface area contributed by atoms with Crippen LogP contribution in [0.3, 0.4) is 0 Å². The fourth-order valence-corrected chi connectivity index (χ4v) is 4.97. The number of rotatable bonds is 5. The molecule has 0 bridgehead atoms. The minimum atomic E-state index is -0.182. The Hall–Kier alpha value is -2.91. The van der Waals surface area contributed by atoms with Crippen molar-refractivity contribution in [3.8, 4) is 0 Å². The van der Waals surface area contributed by atoms with Crippen molar-refractivity contribution >= 4 is 68.4 Å². The molecule has 5 rings (SSSR count). The van der Waals surface area contributed by atoms with Crippen LogP contribution >= 0.6 is 23.1 Å². The summed E-state index contributed by atoms with van der Waals surface area (Å²) in [5.41, 5.74) is 1.92. The van der Waals surface area contributed by atoms with E-state index in [4.69, 9.17) is 0 Å². The summed E-state index contributed by atoms with van der Waals surface area (Å²) in [5, 5.41) is 5.14. The van der Waals surface area contributed by atoms with Crippen LogP contribution in [-0.2, 0) is 16.6 Å². The van der Waals surface area contributed by atoms with Crippen LogP contribution in [0.5, 0.6) is 0 Å². The van der Waals surface area contributed by atoms with Crippen molar-refractivity contribution in [1.82, 2.24) is 14.9 Å². The second-order valence-corrected chi connectivity index (χ2v) is 9.01. The van der Waals surface area contributed by atoms with E-state index in [1.807, 2.05) is 37.5 Å². The molecular weight excluding hydrogens is 406 g/mol. The average Bonchev–Trinajstić information content (AvgIpc) is 3.18. The lowest BCUT2D eigenvalue weighted by Gasteiger charge is -2.11. The topological polar surface area (TPSA) is 79.6 Å². The third kappa shape index (κ3) is 3.58. The van der Waals surface area contributed by atoms with Crippen LogP contribution in [0.2, 0.25) is 0 Å². The van der Waals surface area contributed by atoms with E-state index in [2.05, 4.69) is 19.9 Å². The van der Waals surface area contributed by atoms with Gasteiger partial charge >= 0.3 is 0 Å². The number of hydrogen-bond donors (Lipinski definition) is 1. The number of aromatic nitrogens is 2. The van der Waals surface area contributed by atoms with E-state index in [-0.39, 0.29) is 11.9 Å². The molecule has 9 heteroatoms. The number of aryl methyl sites for hydroxylation is 1. The summed E-state index contributed by atoms with van der Waals surface area (Å²) in [6.45, 7) is 0. The molecule has 1 aliphatic carbocycles. The van der Waals surface area contributed by atoms with Gasteiger partial charge in [0, 0.05) is 36.4 Å². The van der Waals surface area contributed by atoms with Gasteiger partial charge in [-0.1, -0.05) is 11.3 Å². The summed E-state index contributed by atoms with van der Waals surface area (Å²) in [6, 6.07) is 8.26. The number of amidine groups is 1. The Bertz CT molecular complexity index is 1190. The quantitative estimate of drug-likeness (QED) is 0.502. The van der Waals surface area contributed by atoms with Gasteiger partial charge in [-0.3, -0.25) is 14.5 Å². The van der Waals surface area contributed by atoms with Gasteiger partial charge in [0.15, 0.2) is 10.3 Å². The summed E-state index contributed by atoms with van der Waals surface area (Å²) < 4.78 is 2.05. The number of anilines is 1. The maximum Gasteiger partial charge on any atom is 0.264 e. The Morgan fingerprint density at radius 1 is 1.34 bits per heavy atom. The number of amides is 2. The van der Waals surface area contributed by atoms with Crippen LogP contribution in [0.4, 0.5) is 10.8 Å². The fourth-order valence-electron chi connectivity index (χ4n) is 3.17. The first-order valence-electron chi connectivity index (χ1n) is 9.15. The predicted octanol–water partition coefficient (Wildman–Crippen LogP) is 3.65. The molecule has 0 radical (unpaired) electrons. The zero-order chi connectivity index (χ0) is 20.0. The first kappa shape index (κ1) is 18.1. The molecule has 2 amide bonds. The lowest BCUT2D eigenvalue weighted by Crippen LogP contribution is -2.22. The Labute approximate surface area is 175 Å². The second-order valence-electron chi connectivity index (χ2n) is 6.94. The molecule has 1 saturated carbocycles. The van der Waals surface area contributed by atoms with Gasteiger partial charge in [0.05, 0.1) is 15.5 Å². The molecule has 3 heterocycles. The molecule has 0 atom stereocenters. The summed E-state index contributed by atoms with van der Waals surface area (Å²) in [4.78, 5) is 35.6.